The smallest absolute Gasteiger partial charge is 0.243 e. The molecular formula is C30H37N3O5S. The van der Waals surface area contributed by atoms with Gasteiger partial charge in [-0.25, -0.2) is 8.42 Å². The summed E-state index contributed by atoms with van der Waals surface area (Å²) in [6.07, 6.45) is 0.267. The van der Waals surface area contributed by atoms with Crippen molar-refractivity contribution in [1.82, 2.24) is 14.5 Å². The maximum Gasteiger partial charge on any atom is 0.243 e. The van der Waals surface area contributed by atoms with Gasteiger partial charge in [0.05, 0.1) is 18.6 Å². The second-order valence-corrected chi connectivity index (χ2v) is 11.9. The third-order valence-electron chi connectivity index (χ3n) is 6.28. The van der Waals surface area contributed by atoms with Crippen molar-refractivity contribution in [3.05, 3.63) is 95.6 Å². The number of methoxy groups -OCH3 is 1. The monoisotopic (exact) mass is 551 g/mol. The Hall–Kier alpha value is -3.69. The van der Waals surface area contributed by atoms with Crippen LogP contribution in [0.15, 0.2) is 83.8 Å². The zero-order chi connectivity index (χ0) is 28.6. The Bertz CT molecular complexity index is 1360. The number of carbonyl (C=O) groups excluding carboxylic acids is 2. The number of sulfonamides is 1. The van der Waals surface area contributed by atoms with E-state index in [0.29, 0.717) is 5.75 Å². The predicted octanol–water partition coefficient (Wildman–Crippen LogP) is 3.79. The molecule has 208 valence electrons. The fourth-order valence-electron chi connectivity index (χ4n) is 4.16. The number of benzene rings is 3. The zero-order valence-electron chi connectivity index (χ0n) is 23.1. The number of hydrogen-bond donors (Lipinski definition) is 1. The Morgan fingerprint density at radius 3 is 2.18 bits per heavy atom. The van der Waals surface area contributed by atoms with Gasteiger partial charge in [0.25, 0.3) is 0 Å². The molecule has 3 rings (SSSR count). The summed E-state index contributed by atoms with van der Waals surface area (Å²) in [5.74, 6) is -0.185. The van der Waals surface area contributed by atoms with Crippen LogP contribution in [0.25, 0.3) is 0 Å². The summed E-state index contributed by atoms with van der Waals surface area (Å²) in [6, 6.07) is 22.1. The molecule has 0 bridgehead atoms. The third kappa shape index (κ3) is 8.15. The highest BCUT2D eigenvalue weighted by molar-refractivity contribution is 7.89. The molecule has 2 amide bonds. The van der Waals surface area contributed by atoms with Gasteiger partial charge in [-0.3, -0.25) is 9.59 Å². The standard InChI is InChI=1S/C30H37N3O5S/c1-22(2)31-30(35)28(19-24-10-7-6-8-11-24)33(20-25-12-9-13-26(18-25)38-5)29(34)21-32(4)39(36,37)27-16-14-23(3)15-17-27/h6-18,22,28H,19-21H2,1-5H3,(H,31,35). The lowest BCUT2D eigenvalue weighted by Gasteiger charge is -2.33. The predicted molar refractivity (Wildman–Crippen MR) is 152 cm³/mol. The summed E-state index contributed by atoms with van der Waals surface area (Å²) in [5.41, 5.74) is 2.56. The molecule has 1 atom stereocenters. The molecule has 1 N–H and O–H groups in total. The number of hydrogen-bond acceptors (Lipinski definition) is 5. The molecule has 0 aliphatic heterocycles. The Morgan fingerprint density at radius 1 is 0.923 bits per heavy atom. The van der Waals surface area contributed by atoms with Gasteiger partial charge in [0.2, 0.25) is 21.8 Å². The maximum absolute atomic E-state index is 13.9. The topological polar surface area (TPSA) is 96.0 Å². The van der Waals surface area contributed by atoms with E-state index in [4.69, 9.17) is 4.74 Å². The Labute approximate surface area is 231 Å². The van der Waals surface area contributed by atoms with E-state index >= 15 is 0 Å². The van der Waals surface area contributed by atoms with Crippen molar-refractivity contribution < 1.29 is 22.7 Å². The summed E-state index contributed by atoms with van der Waals surface area (Å²) in [4.78, 5) is 28.9. The van der Waals surface area contributed by atoms with Crippen LogP contribution in [0.2, 0.25) is 0 Å². The molecule has 3 aromatic rings. The van der Waals surface area contributed by atoms with E-state index in [1.807, 2.05) is 63.2 Å². The van der Waals surface area contributed by atoms with Gasteiger partial charge in [-0.1, -0.05) is 60.2 Å². The Balaban J connectivity index is 1.98. The summed E-state index contributed by atoms with van der Waals surface area (Å²) in [5, 5.41) is 2.93. The summed E-state index contributed by atoms with van der Waals surface area (Å²) in [6.45, 7) is 5.24. The van der Waals surface area contributed by atoms with Gasteiger partial charge in [0.1, 0.15) is 11.8 Å². The minimum atomic E-state index is -3.93. The summed E-state index contributed by atoms with van der Waals surface area (Å²) in [7, 11) is -0.997. The van der Waals surface area contributed by atoms with Crippen LogP contribution in [0.3, 0.4) is 0 Å². The van der Waals surface area contributed by atoms with Gasteiger partial charge in [-0.2, -0.15) is 4.31 Å². The number of nitrogens with one attached hydrogen (secondary N) is 1. The molecule has 0 fully saturated rings. The molecule has 0 saturated carbocycles. The van der Waals surface area contributed by atoms with Gasteiger partial charge in [-0.05, 0) is 56.2 Å². The molecule has 8 nitrogen and oxygen atoms in total. The van der Waals surface area contributed by atoms with E-state index in [2.05, 4.69) is 5.32 Å². The largest absolute Gasteiger partial charge is 0.497 e. The Kier molecular flexibility index (Phi) is 10.3. The third-order valence-corrected chi connectivity index (χ3v) is 8.09. The highest BCUT2D eigenvalue weighted by Gasteiger charge is 2.33. The molecule has 0 radical (unpaired) electrons. The number of carbonyl (C=O) groups is 2. The Morgan fingerprint density at radius 2 is 1.56 bits per heavy atom. The zero-order valence-corrected chi connectivity index (χ0v) is 23.9. The average Bonchev–Trinajstić information content (AvgIpc) is 2.91. The first-order chi connectivity index (χ1) is 18.5. The van der Waals surface area contributed by atoms with Crippen LogP contribution >= 0.6 is 0 Å². The summed E-state index contributed by atoms with van der Waals surface area (Å²) < 4.78 is 32.9. The van der Waals surface area contributed by atoms with Crippen molar-refractivity contribution in [3.8, 4) is 5.75 Å². The van der Waals surface area contributed by atoms with Gasteiger partial charge in [0.15, 0.2) is 0 Å². The van der Waals surface area contributed by atoms with E-state index in [-0.39, 0.29) is 29.8 Å². The van der Waals surface area contributed by atoms with Crippen molar-refractivity contribution in [2.45, 2.75) is 50.7 Å². The van der Waals surface area contributed by atoms with Crippen LogP contribution in [0.1, 0.15) is 30.5 Å². The maximum atomic E-state index is 13.9. The van der Waals surface area contributed by atoms with E-state index in [1.165, 1.54) is 24.1 Å². The van der Waals surface area contributed by atoms with Crippen LogP contribution in [-0.2, 0) is 32.6 Å². The minimum Gasteiger partial charge on any atom is -0.497 e. The second-order valence-electron chi connectivity index (χ2n) is 9.82. The average molecular weight is 552 g/mol. The van der Waals surface area contributed by atoms with E-state index in [1.54, 1.807) is 31.4 Å². The molecule has 3 aromatic carbocycles. The number of nitrogens with zero attached hydrogens (tertiary/aromatic N) is 2. The lowest BCUT2D eigenvalue weighted by Crippen LogP contribution is -2.53. The quantitative estimate of drug-likeness (QED) is 0.370. The van der Waals surface area contributed by atoms with Crippen molar-refractivity contribution in [3.63, 3.8) is 0 Å². The van der Waals surface area contributed by atoms with Crippen LogP contribution in [0, 0.1) is 6.92 Å². The summed E-state index contributed by atoms with van der Waals surface area (Å²) >= 11 is 0. The second kappa shape index (κ2) is 13.4. The minimum absolute atomic E-state index is 0.0947. The first-order valence-corrected chi connectivity index (χ1v) is 14.2. The van der Waals surface area contributed by atoms with Crippen LogP contribution < -0.4 is 10.1 Å². The molecule has 9 heteroatoms. The first-order valence-electron chi connectivity index (χ1n) is 12.8. The molecule has 0 spiro atoms. The van der Waals surface area contributed by atoms with Crippen LogP contribution in [0.5, 0.6) is 5.75 Å². The molecule has 0 aromatic heterocycles. The van der Waals surface area contributed by atoms with Crippen molar-refractivity contribution >= 4 is 21.8 Å². The number of amides is 2. The number of likely N-dealkylation sites (N-methyl/N-ethyl adjacent to an activating group) is 1. The molecular weight excluding hydrogens is 514 g/mol. The van der Waals surface area contributed by atoms with Crippen molar-refractivity contribution in [2.24, 2.45) is 0 Å². The van der Waals surface area contributed by atoms with Gasteiger partial charge in [-0.15, -0.1) is 0 Å². The van der Waals surface area contributed by atoms with E-state index in [0.717, 1.165) is 21.0 Å². The lowest BCUT2D eigenvalue weighted by molar-refractivity contribution is -0.141. The SMILES string of the molecule is COc1cccc(CN(C(=O)CN(C)S(=O)(=O)c2ccc(C)cc2)C(Cc2ccccc2)C(=O)NC(C)C)c1. The molecule has 0 heterocycles. The van der Waals surface area contributed by atoms with Gasteiger partial charge in [0, 0.05) is 26.1 Å². The van der Waals surface area contributed by atoms with E-state index < -0.39 is 28.5 Å². The van der Waals surface area contributed by atoms with Crippen molar-refractivity contribution in [2.75, 3.05) is 20.7 Å². The van der Waals surface area contributed by atoms with Crippen LogP contribution in [-0.4, -0.2) is 62.2 Å². The molecule has 0 aliphatic rings. The molecule has 0 aliphatic carbocycles. The number of rotatable bonds is 12. The molecule has 39 heavy (non-hydrogen) atoms. The number of aryl methyl sites for hydroxylation is 1. The normalized spacial score (nSPS) is 12.3. The molecule has 1 unspecified atom stereocenters. The molecule has 0 saturated heterocycles. The first kappa shape index (κ1) is 29.9. The highest BCUT2D eigenvalue weighted by atomic mass is 32.2. The fraction of sp³-hybridized carbons (Fsp3) is 0.333. The van der Waals surface area contributed by atoms with Gasteiger partial charge < -0.3 is 15.0 Å². The van der Waals surface area contributed by atoms with Crippen molar-refractivity contribution in [1.29, 1.82) is 0 Å². The highest BCUT2D eigenvalue weighted by Crippen LogP contribution is 2.20. The number of ether oxygens (including phenoxy) is 1. The van der Waals surface area contributed by atoms with Crippen LogP contribution in [0.4, 0.5) is 0 Å². The van der Waals surface area contributed by atoms with E-state index in [9.17, 15) is 18.0 Å². The lowest BCUT2D eigenvalue weighted by atomic mass is 10.0. The fourth-order valence-corrected chi connectivity index (χ4v) is 5.28. The van der Waals surface area contributed by atoms with Gasteiger partial charge >= 0.3 is 0 Å².